The summed E-state index contributed by atoms with van der Waals surface area (Å²) in [7, 11) is 0. The highest BCUT2D eigenvalue weighted by Crippen LogP contribution is 2.20. The van der Waals surface area contributed by atoms with Crippen molar-refractivity contribution in [3.05, 3.63) is 35.6 Å². The highest BCUT2D eigenvalue weighted by Gasteiger charge is 2.31. The fraction of sp³-hybridized carbons (Fsp3) is 0.600. The summed E-state index contributed by atoms with van der Waals surface area (Å²) in [5, 5.41) is 10.1. The zero-order chi connectivity index (χ0) is 16.2. The lowest BCUT2D eigenvalue weighted by Gasteiger charge is -2.24. The summed E-state index contributed by atoms with van der Waals surface area (Å²) in [6, 6.07) is 6.00. The van der Waals surface area contributed by atoms with Crippen molar-refractivity contribution in [3.63, 3.8) is 0 Å². The first-order valence-electron chi connectivity index (χ1n) is 7.29. The van der Waals surface area contributed by atoms with Crippen LogP contribution in [0, 0.1) is 5.82 Å². The van der Waals surface area contributed by atoms with Crippen molar-refractivity contribution in [3.8, 4) is 0 Å². The molecule has 2 rings (SSSR count). The van der Waals surface area contributed by atoms with Crippen molar-refractivity contribution >= 4 is 0 Å². The molecule has 1 aliphatic heterocycles. The third-order valence-corrected chi connectivity index (χ3v) is 3.78. The number of rotatable bonds is 4. The van der Waals surface area contributed by atoms with E-state index in [9.17, 15) is 22.7 Å². The largest absolute Gasteiger partial charge is 0.401 e. The molecular formula is C15H20F4N2O. The number of alkyl halides is 3. The van der Waals surface area contributed by atoms with Gasteiger partial charge in [-0.1, -0.05) is 18.2 Å². The Hall–Kier alpha value is -1.18. The minimum atomic E-state index is -4.19. The first-order valence-corrected chi connectivity index (χ1v) is 7.29. The van der Waals surface area contributed by atoms with E-state index in [-0.39, 0.29) is 12.1 Å². The fourth-order valence-electron chi connectivity index (χ4n) is 2.71. The van der Waals surface area contributed by atoms with Gasteiger partial charge in [-0.3, -0.25) is 9.80 Å². The van der Waals surface area contributed by atoms with Crippen LogP contribution in [0.1, 0.15) is 18.1 Å². The van der Waals surface area contributed by atoms with Gasteiger partial charge >= 0.3 is 6.18 Å². The maximum Gasteiger partial charge on any atom is 0.401 e. The fourth-order valence-corrected chi connectivity index (χ4v) is 2.71. The second kappa shape index (κ2) is 7.39. The number of hydrogen-bond acceptors (Lipinski definition) is 3. The third kappa shape index (κ3) is 5.23. The summed E-state index contributed by atoms with van der Waals surface area (Å²) in [4.78, 5) is 3.25. The summed E-state index contributed by atoms with van der Waals surface area (Å²) in [5.74, 6) is -0.469. The van der Waals surface area contributed by atoms with Crippen LogP contribution in [0.5, 0.6) is 0 Å². The SMILES string of the molecule is OC(CN1CCCN(CC(F)(F)F)CC1)c1ccccc1F. The number of aliphatic hydroxyl groups is 1. The number of β-amino-alcohol motifs (C(OH)–C–C–N with tert-alkyl or cyclic N) is 1. The van der Waals surface area contributed by atoms with Crippen molar-refractivity contribution in [2.75, 3.05) is 39.3 Å². The van der Waals surface area contributed by atoms with Crippen LogP contribution in [0.25, 0.3) is 0 Å². The van der Waals surface area contributed by atoms with Crippen molar-refractivity contribution in [1.29, 1.82) is 0 Å². The normalized spacial score (nSPS) is 19.9. The van der Waals surface area contributed by atoms with Crippen LogP contribution in [0.4, 0.5) is 17.6 Å². The molecule has 0 spiro atoms. The van der Waals surface area contributed by atoms with Crippen LogP contribution in [0.2, 0.25) is 0 Å². The van der Waals surface area contributed by atoms with E-state index in [4.69, 9.17) is 0 Å². The van der Waals surface area contributed by atoms with E-state index in [0.717, 1.165) is 0 Å². The van der Waals surface area contributed by atoms with Crippen molar-refractivity contribution in [1.82, 2.24) is 9.80 Å². The molecule has 22 heavy (non-hydrogen) atoms. The van der Waals surface area contributed by atoms with Crippen LogP contribution in [0.3, 0.4) is 0 Å². The third-order valence-electron chi connectivity index (χ3n) is 3.78. The van der Waals surface area contributed by atoms with E-state index in [1.165, 1.54) is 17.0 Å². The molecular weight excluding hydrogens is 300 g/mol. The molecule has 1 atom stereocenters. The quantitative estimate of drug-likeness (QED) is 0.863. The second-order valence-electron chi connectivity index (χ2n) is 5.58. The Bertz CT molecular complexity index is 481. The Morgan fingerprint density at radius 3 is 2.36 bits per heavy atom. The molecule has 0 radical (unpaired) electrons. The Morgan fingerprint density at radius 1 is 1.05 bits per heavy atom. The van der Waals surface area contributed by atoms with Gasteiger partial charge in [-0.25, -0.2) is 4.39 Å². The molecule has 0 aromatic heterocycles. The number of benzene rings is 1. The molecule has 1 aromatic carbocycles. The molecule has 0 amide bonds. The molecule has 0 aliphatic carbocycles. The van der Waals surface area contributed by atoms with E-state index in [0.29, 0.717) is 32.6 Å². The van der Waals surface area contributed by atoms with Crippen LogP contribution in [-0.4, -0.2) is 60.4 Å². The van der Waals surface area contributed by atoms with E-state index >= 15 is 0 Å². The molecule has 7 heteroatoms. The lowest BCUT2D eigenvalue weighted by molar-refractivity contribution is -0.145. The van der Waals surface area contributed by atoms with E-state index in [1.54, 1.807) is 12.1 Å². The first kappa shape index (κ1) is 17.2. The van der Waals surface area contributed by atoms with Gasteiger partial charge in [-0.2, -0.15) is 13.2 Å². The monoisotopic (exact) mass is 320 g/mol. The average Bonchev–Trinajstić information content (AvgIpc) is 2.63. The number of aliphatic hydroxyl groups excluding tert-OH is 1. The molecule has 0 saturated carbocycles. The zero-order valence-corrected chi connectivity index (χ0v) is 12.2. The first-order chi connectivity index (χ1) is 10.3. The Labute approximate surface area is 127 Å². The lowest BCUT2D eigenvalue weighted by atomic mass is 10.1. The molecule has 124 valence electrons. The molecule has 1 aliphatic rings. The minimum Gasteiger partial charge on any atom is -0.387 e. The molecule has 1 unspecified atom stereocenters. The van der Waals surface area contributed by atoms with Crippen LogP contribution < -0.4 is 0 Å². The van der Waals surface area contributed by atoms with Crippen molar-refractivity contribution in [2.45, 2.75) is 18.7 Å². The van der Waals surface area contributed by atoms with Gasteiger partial charge in [0.2, 0.25) is 0 Å². The summed E-state index contributed by atoms with van der Waals surface area (Å²) in [5.41, 5.74) is 0.221. The molecule has 0 bridgehead atoms. The van der Waals surface area contributed by atoms with Crippen molar-refractivity contribution < 1.29 is 22.7 Å². The van der Waals surface area contributed by atoms with Crippen molar-refractivity contribution in [2.24, 2.45) is 0 Å². The van der Waals surface area contributed by atoms with Gasteiger partial charge < -0.3 is 5.11 Å². The molecule has 1 heterocycles. The maximum atomic E-state index is 13.6. The van der Waals surface area contributed by atoms with E-state index in [2.05, 4.69) is 0 Å². The molecule has 3 nitrogen and oxygen atoms in total. The van der Waals surface area contributed by atoms with Gasteiger partial charge in [0.05, 0.1) is 12.6 Å². The predicted octanol–water partition coefficient (Wildman–Crippen LogP) is 2.43. The van der Waals surface area contributed by atoms with Gasteiger partial charge in [-0.15, -0.1) is 0 Å². The van der Waals surface area contributed by atoms with Gasteiger partial charge in [0.1, 0.15) is 5.82 Å². The summed E-state index contributed by atoms with van der Waals surface area (Å²) >= 11 is 0. The summed E-state index contributed by atoms with van der Waals surface area (Å²) < 4.78 is 50.8. The average molecular weight is 320 g/mol. The lowest BCUT2D eigenvalue weighted by Crippen LogP contribution is -2.37. The zero-order valence-electron chi connectivity index (χ0n) is 12.2. The van der Waals surface area contributed by atoms with E-state index < -0.39 is 24.6 Å². The minimum absolute atomic E-state index is 0.221. The maximum absolute atomic E-state index is 13.6. The predicted molar refractivity (Wildman–Crippen MR) is 74.9 cm³/mol. The summed E-state index contributed by atoms with van der Waals surface area (Å²) in [6.07, 6.45) is -4.57. The van der Waals surface area contributed by atoms with Crippen LogP contribution in [-0.2, 0) is 0 Å². The van der Waals surface area contributed by atoms with Gasteiger partial charge in [-0.05, 0) is 25.6 Å². The molecule has 1 N–H and O–H groups in total. The standard InChI is InChI=1S/C15H20F4N2O/c16-13-5-2-1-4-12(13)14(22)10-20-6-3-7-21(9-8-20)11-15(17,18)19/h1-2,4-5,14,22H,3,6-11H2. The molecule has 1 saturated heterocycles. The van der Waals surface area contributed by atoms with Crippen LogP contribution >= 0.6 is 0 Å². The summed E-state index contributed by atoms with van der Waals surface area (Å²) in [6.45, 7) is 1.02. The molecule has 1 fully saturated rings. The smallest absolute Gasteiger partial charge is 0.387 e. The highest BCUT2D eigenvalue weighted by atomic mass is 19.4. The van der Waals surface area contributed by atoms with Crippen LogP contribution in [0.15, 0.2) is 24.3 Å². The Kier molecular flexibility index (Phi) is 5.77. The highest BCUT2D eigenvalue weighted by molar-refractivity contribution is 5.20. The van der Waals surface area contributed by atoms with Gasteiger partial charge in [0.15, 0.2) is 0 Å². The number of halogens is 4. The number of hydrogen-bond donors (Lipinski definition) is 1. The Morgan fingerprint density at radius 2 is 1.68 bits per heavy atom. The number of nitrogens with zero attached hydrogens (tertiary/aromatic N) is 2. The van der Waals surface area contributed by atoms with E-state index in [1.807, 2.05) is 4.90 Å². The topological polar surface area (TPSA) is 26.7 Å². The van der Waals surface area contributed by atoms with Gasteiger partial charge in [0.25, 0.3) is 0 Å². The van der Waals surface area contributed by atoms with Gasteiger partial charge in [0, 0.05) is 25.2 Å². The molecule has 1 aromatic rings. The second-order valence-corrected chi connectivity index (χ2v) is 5.58. The Balaban J connectivity index is 1.88.